The van der Waals surface area contributed by atoms with E-state index >= 15 is 0 Å². The van der Waals surface area contributed by atoms with Crippen LogP contribution in [-0.4, -0.2) is 58.0 Å². The zero-order valence-electron chi connectivity index (χ0n) is 11.4. The highest BCUT2D eigenvalue weighted by molar-refractivity contribution is 7.94. The summed E-state index contributed by atoms with van der Waals surface area (Å²) in [5.74, 6) is -1.87. The van der Waals surface area contributed by atoms with Gasteiger partial charge in [-0.2, -0.15) is 0 Å². The minimum atomic E-state index is -3.50. The zero-order chi connectivity index (χ0) is 16.1. The second-order valence-corrected chi connectivity index (χ2v) is 9.02. The van der Waals surface area contributed by atoms with E-state index in [4.69, 9.17) is 9.84 Å². The van der Waals surface area contributed by atoms with E-state index in [0.717, 1.165) is 6.26 Å². The summed E-state index contributed by atoms with van der Waals surface area (Å²) in [5, 5.41) is 8.71. The quantitative estimate of drug-likeness (QED) is 0.722. The minimum absolute atomic E-state index is 0.100. The molecule has 0 saturated heterocycles. The van der Waals surface area contributed by atoms with Crippen LogP contribution in [0.5, 0.6) is 5.75 Å². The van der Waals surface area contributed by atoms with Gasteiger partial charge in [-0.15, -0.1) is 0 Å². The van der Waals surface area contributed by atoms with Crippen LogP contribution in [0.15, 0.2) is 24.3 Å². The molecule has 0 aliphatic heterocycles. The van der Waals surface area contributed by atoms with E-state index in [2.05, 4.69) is 0 Å². The topological polar surface area (TPSA) is 115 Å². The maximum atomic E-state index is 11.6. The number of hydrogen-bond donors (Lipinski definition) is 1. The molecule has 0 bridgehead atoms. The first-order chi connectivity index (χ1) is 9.59. The number of sulfone groups is 2. The van der Waals surface area contributed by atoms with Gasteiger partial charge in [0.05, 0.1) is 22.8 Å². The summed E-state index contributed by atoms with van der Waals surface area (Å²) >= 11 is 0. The molecule has 1 aromatic carbocycles. The van der Waals surface area contributed by atoms with Crippen molar-refractivity contribution in [1.82, 2.24) is 0 Å². The number of ether oxygens (including phenoxy) is 1. The van der Waals surface area contributed by atoms with Crippen molar-refractivity contribution in [3.8, 4) is 5.75 Å². The fraction of sp³-hybridized carbons (Fsp3) is 0.417. The lowest BCUT2D eigenvalue weighted by molar-refractivity contribution is 0.0697. The summed E-state index contributed by atoms with van der Waals surface area (Å²) < 4.78 is 50.2. The molecule has 0 aliphatic rings. The maximum Gasteiger partial charge on any atom is 0.335 e. The molecule has 0 fully saturated rings. The molecule has 0 spiro atoms. The standard InChI is InChI=1S/C12H16O7S2/c1-20(15,16)8-9-21(17,18)7-6-19-11-4-2-10(3-5-11)12(13)14/h2-5H,6-9H2,1H3,(H,13,14). The van der Waals surface area contributed by atoms with E-state index in [1.807, 2.05) is 0 Å². The Balaban J connectivity index is 2.47. The van der Waals surface area contributed by atoms with E-state index in [-0.39, 0.29) is 17.9 Å². The van der Waals surface area contributed by atoms with Crippen LogP contribution < -0.4 is 4.74 Å². The third-order valence-electron chi connectivity index (χ3n) is 2.53. The Morgan fingerprint density at radius 3 is 2.10 bits per heavy atom. The Morgan fingerprint density at radius 2 is 1.62 bits per heavy atom. The van der Waals surface area contributed by atoms with Crippen molar-refractivity contribution in [2.75, 3.05) is 30.1 Å². The Hall–Kier alpha value is -1.61. The van der Waals surface area contributed by atoms with E-state index in [0.29, 0.717) is 5.75 Å². The van der Waals surface area contributed by atoms with E-state index in [1.54, 1.807) is 0 Å². The fourth-order valence-corrected chi connectivity index (χ4v) is 4.13. The van der Waals surface area contributed by atoms with Crippen molar-refractivity contribution >= 4 is 25.6 Å². The predicted molar refractivity (Wildman–Crippen MR) is 77.3 cm³/mol. The van der Waals surface area contributed by atoms with Crippen molar-refractivity contribution < 1.29 is 31.5 Å². The highest BCUT2D eigenvalue weighted by Crippen LogP contribution is 2.12. The molecule has 0 saturated carbocycles. The average Bonchev–Trinajstić information content (AvgIpc) is 2.36. The summed E-state index contributed by atoms with van der Waals surface area (Å²) in [6.45, 7) is -0.126. The van der Waals surface area contributed by atoms with Crippen molar-refractivity contribution in [2.24, 2.45) is 0 Å². The lowest BCUT2D eigenvalue weighted by Crippen LogP contribution is -2.22. The summed E-state index contributed by atoms with van der Waals surface area (Å²) in [7, 11) is -6.83. The molecule has 118 valence electrons. The number of carboxylic acids is 1. The first-order valence-electron chi connectivity index (χ1n) is 5.93. The summed E-state index contributed by atoms with van der Waals surface area (Å²) in [5.41, 5.74) is 0.100. The summed E-state index contributed by atoms with van der Waals surface area (Å²) in [6, 6.07) is 5.53. The van der Waals surface area contributed by atoms with Crippen LogP contribution in [0.2, 0.25) is 0 Å². The molecule has 0 aliphatic carbocycles. The number of carbonyl (C=O) groups is 1. The molecule has 0 atom stereocenters. The fourth-order valence-electron chi connectivity index (χ4n) is 1.36. The zero-order valence-corrected chi connectivity index (χ0v) is 13.0. The van der Waals surface area contributed by atoms with Gasteiger partial charge in [-0.3, -0.25) is 0 Å². The highest BCUT2D eigenvalue weighted by atomic mass is 32.2. The average molecular weight is 336 g/mol. The Bertz CT molecular complexity index is 688. The molecule has 0 unspecified atom stereocenters. The molecule has 0 radical (unpaired) electrons. The molecule has 1 rings (SSSR count). The van der Waals surface area contributed by atoms with Crippen LogP contribution in [0.4, 0.5) is 0 Å². The van der Waals surface area contributed by atoms with Crippen molar-refractivity contribution in [1.29, 1.82) is 0 Å². The van der Waals surface area contributed by atoms with Crippen LogP contribution in [-0.2, 0) is 19.7 Å². The molecule has 9 heteroatoms. The second kappa shape index (κ2) is 6.90. The van der Waals surface area contributed by atoms with Gasteiger partial charge in [0.15, 0.2) is 9.84 Å². The number of carboxylic acid groups (broad SMARTS) is 1. The predicted octanol–water partition coefficient (Wildman–Crippen LogP) is 0.223. The number of rotatable bonds is 8. The summed E-state index contributed by atoms with van der Waals surface area (Å²) in [6.07, 6.45) is 0.975. The van der Waals surface area contributed by atoms with Crippen molar-refractivity contribution in [2.45, 2.75) is 0 Å². The molecule has 1 aromatic rings. The molecule has 0 heterocycles. The van der Waals surface area contributed by atoms with Gasteiger partial charge in [0.25, 0.3) is 0 Å². The van der Waals surface area contributed by atoms with E-state index < -0.39 is 37.1 Å². The van der Waals surface area contributed by atoms with Crippen LogP contribution in [0.3, 0.4) is 0 Å². The first kappa shape index (κ1) is 17.4. The Kier molecular flexibility index (Phi) is 5.73. The largest absolute Gasteiger partial charge is 0.493 e. The highest BCUT2D eigenvalue weighted by Gasteiger charge is 2.15. The van der Waals surface area contributed by atoms with Gasteiger partial charge < -0.3 is 9.84 Å². The third kappa shape index (κ3) is 7.09. The number of hydrogen-bond acceptors (Lipinski definition) is 6. The van der Waals surface area contributed by atoms with Gasteiger partial charge in [0.1, 0.15) is 22.2 Å². The molecule has 0 amide bonds. The Labute approximate surface area is 123 Å². The minimum Gasteiger partial charge on any atom is -0.493 e. The van der Waals surface area contributed by atoms with Crippen molar-refractivity contribution in [3.63, 3.8) is 0 Å². The normalized spacial score (nSPS) is 12.0. The lowest BCUT2D eigenvalue weighted by Gasteiger charge is -2.07. The summed E-state index contributed by atoms with van der Waals surface area (Å²) in [4.78, 5) is 10.6. The molecule has 1 N–H and O–H groups in total. The number of aromatic carboxylic acids is 1. The van der Waals surface area contributed by atoms with Crippen LogP contribution >= 0.6 is 0 Å². The Morgan fingerprint density at radius 1 is 1.05 bits per heavy atom. The van der Waals surface area contributed by atoms with Gasteiger partial charge in [0.2, 0.25) is 0 Å². The molecule has 21 heavy (non-hydrogen) atoms. The molecular weight excluding hydrogens is 320 g/mol. The molecule has 0 aromatic heterocycles. The smallest absolute Gasteiger partial charge is 0.335 e. The number of benzene rings is 1. The van der Waals surface area contributed by atoms with E-state index in [1.165, 1.54) is 24.3 Å². The monoisotopic (exact) mass is 336 g/mol. The van der Waals surface area contributed by atoms with Gasteiger partial charge in [-0.25, -0.2) is 21.6 Å². The van der Waals surface area contributed by atoms with Gasteiger partial charge >= 0.3 is 5.97 Å². The van der Waals surface area contributed by atoms with Crippen LogP contribution in [0.25, 0.3) is 0 Å². The van der Waals surface area contributed by atoms with E-state index in [9.17, 15) is 21.6 Å². The lowest BCUT2D eigenvalue weighted by atomic mass is 10.2. The molecular formula is C12H16O7S2. The van der Waals surface area contributed by atoms with Gasteiger partial charge in [0, 0.05) is 6.26 Å². The van der Waals surface area contributed by atoms with Crippen LogP contribution in [0, 0.1) is 0 Å². The second-order valence-electron chi connectivity index (χ2n) is 4.46. The third-order valence-corrected chi connectivity index (χ3v) is 5.35. The van der Waals surface area contributed by atoms with Crippen LogP contribution in [0.1, 0.15) is 10.4 Å². The maximum absolute atomic E-state index is 11.6. The van der Waals surface area contributed by atoms with Gasteiger partial charge in [-0.1, -0.05) is 0 Å². The first-order valence-corrected chi connectivity index (χ1v) is 9.81. The SMILES string of the molecule is CS(=O)(=O)CCS(=O)(=O)CCOc1ccc(C(=O)O)cc1. The molecule has 7 nitrogen and oxygen atoms in total. The van der Waals surface area contributed by atoms with Gasteiger partial charge in [-0.05, 0) is 24.3 Å². The van der Waals surface area contributed by atoms with Crippen molar-refractivity contribution in [3.05, 3.63) is 29.8 Å².